The number of nitrogens with one attached hydrogen (secondary N) is 2. The Kier molecular flexibility index (Phi) is 9.23. The summed E-state index contributed by atoms with van der Waals surface area (Å²) in [5.41, 5.74) is 5.37. The number of piperidine rings is 2. The Morgan fingerprint density at radius 1 is 0.927 bits per heavy atom. The first-order chi connectivity index (χ1) is 26.7. The molecule has 1 aliphatic carbocycles. The first-order valence-electron chi connectivity index (χ1n) is 19.8. The summed E-state index contributed by atoms with van der Waals surface area (Å²) in [6, 6.07) is 12.0. The lowest BCUT2D eigenvalue weighted by atomic mass is 9.81. The Morgan fingerprint density at radius 3 is 2.45 bits per heavy atom. The summed E-state index contributed by atoms with van der Waals surface area (Å²) in [5, 5.41) is 6.55. The summed E-state index contributed by atoms with van der Waals surface area (Å²) in [6.07, 6.45) is 12.1. The lowest BCUT2D eigenvalue weighted by Gasteiger charge is -2.50. The molecule has 2 N–H and O–H groups in total. The summed E-state index contributed by atoms with van der Waals surface area (Å²) in [7, 11) is 3.56. The molecule has 2 atom stereocenters. The molecule has 1 aromatic carbocycles. The number of rotatable bonds is 9. The van der Waals surface area contributed by atoms with Gasteiger partial charge in [0.2, 0.25) is 17.8 Å². The molecule has 4 aromatic rings. The number of aromatic nitrogens is 4. The molecular weight excluding hydrogens is 697 g/mol. The zero-order valence-corrected chi connectivity index (χ0v) is 31.5. The number of likely N-dealkylation sites (tertiary alicyclic amines) is 1. The van der Waals surface area contributed by atoms with Gasteiger partial charge in [0.1, 0.15) is 23.2 Å². The lowest BCUT2D eigenvalue weighted by Crippen LogP contribution is -2.54. The van der Waals surface area contributed by atoms with E-state index < -0.39 is 6.04 Å². The first-order valence-corrected chi connectivity index (χ1v) is 19.8. The number of fused-ring (bicyclic) bond motifs is 2. The van der Waals surface area contributed by atoms with E-state index in [9.17, 15) is 19.2 Å². The van der Waals surface area contributed by atoms with Crippen LogP contribution in [-0.2, 0) is 22.7 Å². The van der Waals surface area contributed by atoms with Crippen LogP contribution >= 0.6 is 0 Å². The minimum atomic E-state index is -0.607. The van der Waals surface area contributed by atoms with Crippen LogP contribution in [0, 0.1) is 5.92 Å². The van der Waals surface area contributed by atoms with Crippen molar-refractivity contribution in [3.63, 3.8) is 0 Å². The van der Waals surface area contributed by atoms with Gasteiger partial charge in [0, 0.05) is 86.8 Å². The Hall–Kier alpha value is -5.37. The number of hydrogen-bond acceptors (Lipinski definition) is 10. The van der Waals surface area contributed by atoms with Crippen molar-refractivity contribution in [3.8, 4) is 0 Å². The van der Waals surface area contributed by atoms with E-state index in [2.05, 4.69) is 42.1 Å². The van der Waals surface area contributed by atoms with Crippen LogP contribution in [0.25, 0.3) is 11.0 Å². The van der Waals surface area contributed by atoms with E-state index in [1.54, 1.807) is 30.1 Å². The first kappa shape index (κ1) is 35.3. The van der Waals surface area contributed by atoms with Crippen LogP contribution in [0.3, 0.4) is 0 Å². The SMILES string of the molecule is CN(C)C(=O)c1cc2cnc(Nc3ccc(CN4CCC([C@H]5CCN5c5cccc6c5CN([C@H]5CCC(=O)NC5=O)C6=O)CC4)cn3)nc2n1C1CCCC1. The molecule has 0 unspecified atom stereocenters. The second kappa shape index (κ2) is 14.4. The number of hydrogen-bond donors (Lipinski definition) is 2. The number of amides is 4. The van der Waals surface area contributed by atoms with E-state index in [1.807, 2.05) is 30.5 Å². The molecule has 286 valence electrons. The van der Waals surface area contributed by atoms with Crippen molar-refractivity contribution in [1.82, 2.24) is 39.5 Å². The van der Waals surface area contributed by atoms with Crippen molar-refractivity contribution >= 4 is 52.1 Å². The topological polar surface area (TPSA) is 149 Å². The third-order valence-electron chi connectivity index (χ3n) is 12.5. The molecule has 7 heterocycles. The van der Waals surface area contributed by atoms with Crippen molar-refractivity contribution in [2.75, 3.05) is 43.9 Å². The van der Waals surface area contributed by atoms with Gasteiger partial charge in [0.25, 0.3) is 11.8 Å². The normalized spacial score (nSPS) is 22.3. The van der Waals surface area contributed by atoms with Gasteiger partial charge in [-0.1, -0.05) is 25.0 Å². The number of benzene rings is 1. The van der Waals surface area contributed by atoms with Gasteiger partial charge in [-0.15, -0.1) is 0 Å². The quantitative estimate of drug-likeness (QED) is 0.232. The van der Waals surface area contributed by atoms with E-state index in [1.165, 1.54) is 0 Å². The van der Waals surface area contributed by atoms with Gasteiger partial charge < -0.3 is 24.6 Å². The maximum atomic E-state index is 13.4. The van der Waals surface area contributed by atoms with Crippen molar-refractivity contribution in [1.29, 1.82) is 0 Å². The summed E-state index contributed by atoms with van der Waals surface area (Å²) >= 11 is 0. The summed E-state index contributed by atoms with van der Waals surface area (Å²) < 4.78 is 2.12. The third kappa shape index (κ3) is 6.59. The summed E-state index contributed by atoms with van der Waals surface area (Å²) in [4.78, 5) is 73.2. The maximum absolute atomic E-state index is 13.4. The fraction of sp³-hybridized carbons (Fsp3) is 0.488. The standard InChI is InChI=1S/C41H48N10O4/c1-47(2)40(55)34-20-27-22-43-41(46-37(27)51(34)28-6-3-4-7-28)44-35-12-10-25(21-42-35)23-48-17-14-26(15-18-48)31-16-19-49(31)32-9-5-8-29-30(32)24-50(39(29)54)33-11-13-36(52)45-38(33)53/h5,8-10,12,20-22,26,28,31,33H,3-4,6-7,11,13-19,23-24H2,1-2H3,(H,45,52,53)(H,42,43,44,46)/t31-,33+/m1/s1. The minimum Gasteiger partial charge on any atom is -0.368 e. The minimum absolute atomic E-state index is 0.0266. The fourth-order valence-corrected chi connectivity index (χ4v) is 9.49. The molecule has 0 spiro atoms. The van der Waals surface area contributed by atoms with E-state index in [0.29, 0.717) is 47.9 Å². The van der Waals surface area contributed by atoms with Gasteiger partial charge in [0.05, 0.1) is 0 Å². The molecule has 14 nitrogen and oxygen atoms in total. The lowest BCUT2D eigenvalue weighted by molar-refractivity contribution is -0.136. The number of nitrogens with zero attached hydrogens (tertiary/aromatic N) is 8. The smallest absolute Gasteiger partial charge is 0.270 e. The molecule has 9 rings (SSSR count). The highest BCUT2D eigenvalue weighted by atomic mass is 16.2. The zero-order chi connectivity index (χ0) is 37.8. The van der Waals surface area contributed by atoms with Crippen LogP contribution in [0.1, 0.15) is 95.8 Å². The number of anilines is 3. The average molecular weight is 745 g/mol. The Balaban J connectivity index is 0.809. The maximum Gasteiger partial charge on any atom is 0.270 e. The molecule has 14 heteroatoms. The van der Waals surface area contributed by atoms with E-state index in [0.717, 1.165) is 99.0 Å². The number of imide groups is 1. The predicted octanol–water partition coefficient (Wildman–Crippen LogP) is 4.64. The molecule has 55 heavy (non-hydrogen) atoms. The second-order valence-electron chi connectivity index (χ2n) is 16.1. The summed E-state index contributed by atoms with van der Waals surface area (Å²) in [5.74, 6) is 0.898. The highest BCUT2D eigenvalue weighted by molar-refractivity contribution is 6.06. The van der Waals surface area contributed by atoms with E-state index in [4.69, 9.17) is 9.97 Å². The molecule has 3 aromatic heterocycles. The molecule has 4 aliphatic heterocycles. The van der Waals surface area contributed by atoms with Crippen molar-refractivity contribution in [2.24, 2.45) is 5.92 Å². The molecule has 5 aliphatic rings. The second-order valence-corrected chi connectivity index (χ2v) is 16.1. The molecule has 0 bridgehead atoms. The highest BCUT2D eigenvalue weighted by Gasteiger charge is 2.43. The van der Waals surface area contributed by atoms with Gasteiger partial charge in [-0.3, -0.25) is 29.4 Å². The van der Waals surface area contributed by atoms with E-state index >= 15 is 0 Å². The number of carbonyl (C=O) groups excluding carboxylic acids is 4. The average Bonchev–Trinajstić information content (AvgIpc) is 3.91. The molecule has 3 saturated heterocycles. The van der Waals surface area contributed by atoms with Crippen LogP contribution < -0.4 is 15.5 Å². The van der Waals surface area contributed by atoms with Gasteiger partial charge in [-0.05, 0) is 87.4 Å². The predicted molar refractivity (Wildman–Crippen MR) is 207 cm³/mol. The van der Waals surface area contributed by atoms with Crippen molar-refractivity contribution < 1.29 is 19.2 Å². The van der Waals surface area contributed by atoms with Crippen molar-refractivity contribution in [3.05, 3.63) is 71.2 Å². The molecule has 4 fully saturated rings. The van der Waals surface area contributed by atoms with Gasteiger partial charge in [0.15, 0.2) is 0 Å². The third-order valence-corrected chi connectivity index (χ3v) is 12.5. The molecule has 0 radical (unpaired) electrons. The highest BCUT2D eigenvalue weighted by Crippen LogP contribution is 2.41. The fourth-order valence-electron chi connectivity index (χ4n) is 9.49. The number of carbonyl (C=O) groups is 4. The van der Waals surface area contributed by atoms with Crippen LogP contribution in [-0.4, -0.2) is 104 Å². The molecule has 1 saturated carbocycles. The van der Waals surface area contributed by atoms with Crippen LogP contribution in [0.2, 0.25) is 0 Å². The summed E-state index contributed by atoms with van der Waals surface area (Å²) in [6.45, 7) is 4.22. The molecule has 4 amide bonds. The van der Waals surface area contributed by atoms with Gasteiger partial charge >= 0.3 is 0 Å². The Bertz CT molecular complexity index is 2150. The van der Waals surface area contributed by atoms with Crippen LogP contribution in [0.5, 0.6) is 0 Å². The Morgan fingerprint density at radius 2 is 1.75 bits per heavy atom. The number of pyridine rings is 1. The van der Waals surface area contributed by atoms with Gasteiger partial charge in [-0.25, -0.2) is 9.97 Å². The monoisotopic (exact) mass is 744 g/mol. The molecular formula is C41H48N10O4. The zero-order valence-electron chi connectivity index (χ0n) is 31.5. The van der Waals surface area contributed by atoms with Crippen molar-refractivity contribution in [2.45, 2.75) is 89.0 Å². The van der Waals surface area contributed by atoms with Gasteiger partial charge in [-0.2, -0.15) is 4.98 Å². The van der Waals surface area contributed by atoms with E-state index in [-0.39, 0.29) is 36.1 Å². The van der Waals surface area contributed by atoms with Crippen LogP contribution in [0.4, 0.5) is 17.5 Å². The Labute approximate surface area is 320 Å². The van der Waals surface area contributed by atoms with Crippen LogP contribution in [0.15, 0.2) is 48.8 Å². The largest absolute Gasteiger partial charge is 0.368 e.